The molecule has 0 aliphatic rings. The number of anilines is 1. The molecule has 0 saturated carbocycles. The number of hydrogen-bond acceptors (Lipinski definition) is 7. The highest BCUT2D eigenvalue weighted by Crippen LogP contribution is 2.24. The number of benzene rings is 1. The molecule has 1 amide bonds. The summed E-state index contributed by atoms with van der Waals surface area (Å²) in [6, 6.07) is 5.29. The lowest BCUT2D eigenvalue weighted by atomic mass is 10.2. The number of amides is 1. The fraction of sp³-hybridized carbons (Fsp3) is 0.312. The maximum absolute atomic E-state index is 12.3. The lowest BCUT2D eigenvalue weighted by molar-refractivity contribution is 0.0605. The second kappa shape index (κ2) is 7.94. The summed E-state index contributed by atoms with van der Waals surface area (Å²) in [5.74, 6) is -0.983. The fourth-order valence-corrected chi connectivity index (χ4v) is 4.20. The summed E-state index contributed by atoms with van der Waals surface area (Å²) in [6.45, 7) is 5.08. The number of carbonyl (C=O) groups is 2. The van der Waals surface area contributed by atoms with E-state index in [0.717, 1.165) is 11.3 Å². The summed E-state index contributed by atoms with van der Waals surface area (Å²) < 4.78 is 31.3. The van der Waals surface area contributed by atoms with Crippen LogP contribution in [-0.4, -0.2) is 38.4 Å². The van der Waals surface area contributed by atoms with Gasteiger partial charge >= 0.3 is 5.97 Å². The SMILES string of the molecule is COC(=O)c1sc(NC(=O)c2ccc(S(=O)(=O)NC(C)C)cc2)nc1C. The number of hydrogen-bond donors (Lipinski definition) is 2. The Morgan fingerprint density at radius 2 is 1.81 bits per heavy atom. The van der Waals surface area contributed by atoms with Crippen LogP contribution in [0.25, 0.3) is 0 Å². The van der Waals surface area contributed by atoms with Crippen LogP contribution in [0.1, 0.15) is 39.6 Å². The molecule has 0 fully saturated rings. The second-order valence-electron chi connectivity index (χ2n) is 5.68. The van der Waals surface area contributed by atoms with E-state index in [1.165, 1.54) is 31.4 Å². The Morgan fingerprint density at radius 1 is 1.19 bits per heavy atom. The Hall–Kier alpha value is -2.30. The van der Waals surface area contributed by atoms with Crippen LogP contribution in [0.15, 0.2) is 29.2 Å². The first-order chi connectivity index (χ1) is 12.1. The lowest BCUT2D eigenvalue weighted by Crippen LogP contribution is -2.30. The zero-order valence-electron chi connectivity index (χ0n) is 14.7. The van der Waals surface area contributed by atoms with E-state index in [-0.39, 0.29) is 21.6 Å². The summed E-state index contributed by atoms with van der Waals surface area (Å²) in [6.07, 6.45) is 0. The van der Waals surface area contributed by atoms with Crippen molar-refractivity contribution in [1.29, 1.82) is 0 Å². The molecule has 140 valence electrons. The smallest absolute Gasteiger partial charge is 0.350 e. The number of nitrogens with one attached hydrogen (secondary N) is 2. The molecular formula is C16H19N3O5S2. The second-order valence-corrected chi connectivity index (χ2v) is 8.39. The zero-order valence-corrected chi connectivity index (χ0v) is 16.3. The fourth-order valence-electron chi connectivity index (χ4n) is 2.07. The van der Waals surface area contributed by atoms with Crippen LogP contribution in [0.3, 0.4) is 0 Å². The third-order valence-electron chi connectivity index (χ3n) is 3.21. The van der Waals surface area contributed by atoms with Gasteiger partial charge in [-0.3, -0.25) is 10.1 Å². The normalized spacial score (nSPS) is 11.4. The van der Waals surface area contributed by atoms with E-state index in [1.807, 2.05) is 0 Å². The number of rotatable bonds is 6. The maximum atomic E-state index is 12.3. The molecule has 0 unspecified atom stereocenters. The van der Waals surface area contributed by atoms with Crippen molar-refractivity contribution < 1.29 is 22.7 Å². The lowest BCUT2D eigenvalue weighted by Gasteiger charge is -2.10. The molecule has 2 N–H and O–H groups in total. The Kier molecular flexibility index (Phi) is 6.11. The number of carbonyl (C=O) groups excluding carboxylic acids is 2. The minimum atomic E-state index is -3.62. The van der Waals surface area contributed by atoms with Gasteiger partial charge in [0, 0.05) is 11.6 Å². The van der Waals surface area contributed by atoms with Gasteiger partial charge in [0.25, 0.3) is 5.91 Å². The van der Waals surface area contributed by atoms with Gasteiger partial charge in [-0.05, 0) is 45.0 Å². The van der Waals surface area contributed by atoms with Crippen molar-refractivity contribution in [3.05, 3.63) is 40.4 Å². The number of sulfonamides is 1. The molecule has 1 aromatic heterocycles. The average Bonchev–Trinajstić information content (AvgIpc) is 2.93. The molecular weight excluding hydrogens is 378 g/mol. The van der Waals surface area contributed by atoms with Crippen molar-refractivity contribution in [2.45, 2.75) is 31.7 Å². The van der Waals surface area contributed by atoms with Crippen molar-refractivity contribution >= 4 is 38.4 Å². The highest BCUT2D eigenvalue weighted by Gasteiger charge is 2.19. The van der Waals surface area contributed by atoms with Crippen LogP contribution in [0.4, 0.5) is 5.13 Å². The monoisotopic (exact) mass is 397 g/mol. The molecule has 2 aromatic rings. The Bertz CT molecular complexity index is 918. The molecule has 26 heavy (non-hydrogen) atoms. The predicted octanol–water partition coefficient (Wildman–Crippen LogP) is 2.18. The number of aryl methyl sites for hydroxylation is 1. The zero-order chi connectivity index (χ0) is 19.5. The quantitative estimate of drug-likeness (QED) is 0.722. The summed E-state index contributed by atoms with van der Waals surface area (Å²) in [5, 5.41) is 2.84. The third-order valence-corrected chi connectivity index (χ3v) is 5.93. The van der Waals surface area contributed by atoms with Crippen molar-refractivity contribution in [3.63, 3.8) is 0 Å². The van der Waals surface area contributed by atoms with Gasteiger partial charge in [0.05, 0.1) is 17.7 Å². The molecule has 2 rings (SSSR count). The van der Waals surface area contributed by atoms with Gasteiger partial charge in [-0.25, -0.2) is 22.9 Å². The Labute approximate surface area is 155 Å². The molecule has 1 aromatic carbocycles. The first-order valence-electron chi connectivity index (χ1n) is 7.63. The molecule has 0 saturated heterocycles. The van der Waals surface area contributed by atoms with Crippen molar-refractivity contribution in [2.75, 3.05) is 12.4 Å². The number of esters is 1. The number of aromatic nitrogens is 1. The standard InChI is InChI=1S/C16H19N3O5S2/c1-9(2)19-26(22,23)12-7-5-11(6-8-12)14(20)18-16-17-10(3)13(25-16)15(21)24-4/h5-9,19H,1-4H3,(H,17,18,20). The molecule has 0 spiro atoms. The summed E-state index contributed by atoms with van der Waals surface area (Å²) >= 11 is 1.01. The molecule has 0 radical (unpaired) electrons. The van der Waals surface area contributed by atoms with E-state index >= 15 is 0 Å². The van der Waals surface area contributed by atoms with Crippen LogP contribution in [0.2, 0.25) is 0 Å². The van der Waals surface area contributed by atoms with E-state index in [4.69, 9.17) is 0 Å². The first kappa shape index (κ1) is 20.0. The minimum Gasteiger partial charge on any atom is -0.465 e. The van der Waals surface area contributed by atoms with Gasteiger partial charge in [0.2, 0.25) is 10.0 Å². The minimum absolute atomic E-state index is 0.0702. The summed E-state index contributed by atoms with van der Waals surface area (Å²) in [4.78, 5) is 28.4. The summed E-state index contributed by atoms with van der Waals surface area (Å²) in [5.41, 5.74) is 0.722. The highest BCUT2D eigenvalue weighted by atomic mass is 32.2. The first-order valence-corrected chi connectivity index (χ1v) is 9.93. The highest BCUT2D eigenvalue weighted by molar-refractivity contribution is 7.89. The Morgan fingerprint density at radius 3 is 2.35 bits per heavy atom. The molecule has 0 aliphatic carbocycles. The number of nitrogens with zero attached hydrogens (tertiary/aromatic N) is 1. The maximum Gasteiger partial charge on any atom is 0.350 e. The number of ether oxygens (including phenoxy) is 1. The van der Waals surface area contributed by atoms with E-state index in [2.05, 4.69) is 19.8 Å². The van der Waals surface area contributed by atoms with Crippen molar-refractivity contribution in [1.82, 2.24) is 9.71 Å². The van der Waals surface area contributed by atoms with Gasteiger partial charge in [-0.15, -0.1) is 0 Å². The molecule has 10 heteroatoms. The molecule has 0 aliphatic heterocycles. The largest absolute Gasteiger partial charge is 0.465 e. The van der Waals surface area contributed by atoms with Gasteiger partial charge in [-0.2, -0.15) is 0 Å². The van der Waals surface area contributed by atoms with Crippen LogP contribution < -0.4 is 10.0 Å². The van der Waals surface area contributed by atoms with E-state index in [1.54, 1.807) is 20.8 Å². The van der Waals surface area contributed by atoms with E-state index in [9.17, 15) is 18.0 Å². The van der Waals surface area contributed by atoms with Crippen molar-refractivity contribution in [3.8, 4) is 0 Å². The topological polar surface area (TPSA) is 114 Å². The summed E-state index contributed by atoms with van der Waals surface area (Å²) in [7, 11) is -2.35. The van der Waals surface area contributed by atoms with Gasteiger partial charge in [-0.1, -0.05) is 11.3 Å². The average molecular weight is 397 g/mol. The van der Waals surface area contributed by atoms with Gasteiger partial charge in [0.15, 0.2) is 5.13 Å². The molecule has 0 atom stereocenters. The number of thiazole rings is 1. The molecule has 0 bridgehead atoms. The number of methoxy groups -OCH3 is 1. The van der Waals surface area contributed by atoms with Crippen LogP contribution in [0.5, 0.6) is 0 Å². The van der Waals surface area contributed by atoms with E-state index in [0.29, 0.717) is 10.6 Å². The molecule has 1 heterocycles. The van der Waals surface area contributed by atoms with Crippen molar-refractivity contribution in [2.24, 2.45) is 0 Å². The predicted molar refractivity (Wildman–Crippen MR) is 98.0 cm³/mol. The van der Waals surface area contributed by atoms with Crippen LogP contribution in [-0.2, 0) is 14.8 Å². The van der Waals surface area contributed by atoms with Gasteiger partial charge < -0.3 is 4.74 Å². The van der Waals surface area contributed by atoms with E-state index < -0.39 is 21.9 Å². The molecule has 8 nitrogen and oxygen atoms in total. The van der Waals surface area contributed by atoms with Crippen LogP contribution >= 0.6 is 11.3 Å². The van der Waals surface area contributed by atoms with Crippen LogP contribution in [0, 0.1) is 6.92 Å². The Balaban J connectivity index is 2.15. The third kappa shape index (κ3) is 4.65. The van der Waals surface area contributed by atoms with Gasteiger partial charge in [0.1, 0.15) is 4.88 Å².